The zero-order valence-corrected chi connectivity index (χ0v) is 16.2. The second kappa shape index (κ2) is 7.19. The van der Waals surface area contributed by atoms with Crippen LogP contribution in [-0.4, -0.2) is 54.6 Å². The van der Waals surface area contributed by atoms with Crippen molar-refractivity contribution in [2.75, 3.05) is 33.0 Å². The number of piperazine rings is 1. The summed E-state index contributed by atoms with van der Waals surface area (Å²) in [5, 5.41) is 0. The van der Waals surface area contributed by atoms with Gasteiger partial charge in [0.2, 0.25) is 12.7 Å². The Morgan fingerprint density at radius 1 is 0.857 bits per heavy atom. The van der Waals surface area contributed by atoms with Crippen molar-refractivity contribution in [1.29, 1.82) is 0 Å². The van der Waals surface area contributed by atoms with Crippen LogP contribution in [0.3, 0.4) is 0 Å². The summed E-state index contributed by atoms with van der Waals surface area (Å²) >= 11 is 0. The van der Waals surface area contributed by atoms with E-state index in [4.69, 9.17) is 9.47 Å². The molecule has 28 heavy (non-hydrogen) atoms. The van der Waals surface area contributed by atoms with Crippen LogP contribution in [0.4, 0.5) is 0 Å². The van der Waals surface area contributed by atoms with Crippen LogP contribution in [0.25, 0.3) is 0 Å². The van der Waals surface area contributed by atoms with Gasteiger partial charge in [-0.2, -0.15) is 0 Å². The van der Waals surface area contributed by atoms with Crippen LogP contribution in [0.1, 0.15) is 29.8 Å². The van der Waals surface area contributed by atoms with Gasteiger partial charge in [0.25, 0.3) is 5.91 Å². The lowest BCUT2D eigenvalue weighted by atomic mass is 9.83. The summed E-state index contributed by atoms with van der Waals surface area (Å²) < 4.78 is 10.7. The molecule has 2 aliphatic heterocycles. The van der Waals surface area contributed by atoms with Gasteiger partial charge in [-0.25, -0.2) is 0 Å². The highest BCUT2D eigenvalue weighted by Gasteiger charge is 2.35. The number of carbonyl (C=O) groups is 2. The Morgan fingerprint density at radius 3 is 2.21 bits per heavy atom. The van der Waals surface area contributed by atoms with E-state index >= 15 is 0 Å². The lowest BCUT2D eigenvalue weighted by molar-refractivity contribution is -0.137. The van der Waals surface area contributed by atoms with Crippen LogP contribution in [0.2, 0.25) is 0 Å². The fourth-order valence-corrected chi connectivity index (χ4v) is 3.70. The first-order valence-corrected chi connectivity index (χ1v) is 9.50. The molecule has 0 aromatic heterocycles. The van der Waals surface area contributed by atoms with E-state index in [0.29, 0.717) is 43.2 Å². The lowest BCUT2D eigenvalue weighted by Gasteiger charge is -2.38. The third-order valence-electron chi connectivity index (χ3n) is 5.50. The van der Waals surface area contributed by atoms with Gasteiger partial charge in [0.1, 0.15) is 0 Å². The number of amides is 2. The molecule has 0 saturated carbocycles. The molecule has 0 bridgehead atoms. The standard InChI is InChI=1S/C22H24N2O4/c1-22(2,17-6-4-3-5-7-17)21(26)24-12-10-23(11-13-24)20(25)16-8-9-18-19(14-16)28-15-27-18/h3-9,14H,10-13,15H2,1-2H3. The Labute approximate surface area is 164 Å². The fourth-order valence-electron chi connectivity index (χ4n) is 3.70. The Kier molecular flexibility index (Phi) is 4.71. The largest absolute Gasteiger partial charge is 0.454 e. The zero-order chi connectivity index (χ0) is 19.7. The maximum atomic E-state index is 13.1. The van der Waals surface area contributed by atoms with Crippen molar-refractivity contribution in [2.24, 2.45) is 0 Å². The van der Waals surface area contributed by atoms with Crippen molar-refractivity contribution < 1.29 is 19.1 Å². The predicted molar refractivity (Wildman–Crippen MR) is 105 cm³/mol. The lowest BCUT2D eigenvalue weighted by Crippen LogP contribution is -2.54. The van der Waals surface area contributed by atoms with Crippen LogP contribution in [0.15, 0.2) is 48.5 Å². The van der Waals surface area contributed by atoms with Gasteiger partial charge in [-0.05, 0) is 37.6 Å². The first-order valence-electron chi connectivity index (χ1n) is 9.50. The molecular formula is C22H24N2O4. The first kappa shape index (κ1) is 18.3. The molecule has 0 unspecified atom stereocenters. The number of hydrogen-bond donors (Lipinski definition) is 0. The van der Waals surface area contributed by atoms with Crippen LogP contribution in [-0.2, 0) is 10.2 Å². The third-order valence-corrected chi connectivity index (χ3v) is 5.50. The van der Waals surface area contributed by atoms with Gasteiger partial charge in [-0.1, -0.05) is 30.3 Å². The van der Waals surface area contributed by atoms with Crippen LogP contribution >= 0.6 is 0 Å². The maximum Gasteiger partial charge on any atom is 0.254 e. The summed E-state index contributed by atoms with van der Waals surface area (Å²) in [7, 11) is 0. The smallest absolute Gasteiger partial charge is 0.254 e. The summed E-state index contributed by atoms with van der Waals surface area (Å²) in [6.07, 6.45) is 0. The fraction of sp³-hybridized carbons (Fsp3) is 0.364. The molecule has 2 aromatic rings. The first-order chi connectivity index (χ1) is 13.5. The molecule has 6 heteroatoms. The van der Waals surface area contributed by atoms with Crippen molar-refractivity contribution in [1.82, 2.24) is 9.80 Å². The Balaban J connectivity index is 1.40. The monoisotopic (exact) mass is 380 g/mol. The van der Waals surface area contributed by atoms with Gasteiger partial charge in [0.05, 0.1) is 5.41 Å². The molecule has 2 heterocycles. The summed E-state index contributed by atoms with van der Waals surface area (Å²) in [5.41, 5.74) is 0.984. The minimum atomic E-state index is -0.592. The zero-order valence-electron chi connectivity index (χ0n) is 16.2. The Bertz CT molecular complexity index is 887. The molecule has 4 rings (SSSR count). The summed E-state index contributed by atoms with van der Waals surface area (Å²) in [6.45, 7) is 6.19. The molecular weight excluding hydrogens is 356 g/mol. The molecule has 2 aromatic carbocycles. The van der Waals surface area contributed by atoms with E-state index in [1.165, 1.54) is 0 Å². The summed E-state index contributed by atoms with van der Waals surface area (Å²) in [5.74, 6) is 1.31. The number of benzene rings is 2. The van der Waals surface area contributed by atoms with E-state index in [1.54, 1.807) is 23.1 Å². The Morgan fingerprint density at radius 2 is 1.50 bits per heavy atom. The summed E-state index contributed by atoms with van der Waals surface area (Å²) in [6, 6.07) is 15.1. The van der Waals surface area contributed by atoms with Gasteiger partial charge in [-0.3, -0.25) is 9.59 Å². The maximum absolute atomic E-state index is 13.1. The van der Waals surface area contributed by atoms with E-state index < -0.39 is 5.41 Å². The highest BCUT2D eigenvalue weighted by molar-refractivity contribution is 5.95. The van der Waals surface area contributed by atoms with E-state index in [9.17, 15) is 9.59 Å². The average molecular weight is 380 g/mol. The number of carbonyl (C=O) groups excluding carboxylic acids is 2. The van der Waals surface area contributed by atoms with Crippen LogP contribution in [0.5, 0.6) is 11.5 Å². The number of hydrogen-bond acceptors (Lipinski definition) is 4. The molecule has 1 fully saturated rings. The number of rotatable bonds is 3. The molecule has 0 radical (unpaired) electrons. The minimum Gasteiger partial charge on any atom is -0.454 e. The van der Waals surface area contributed by atoms with E-state index in [1.807, 2.05) is 49.1 Å². The Hall–Kier alpha value is -3.02. The highest BCUT2D eigenvalue weighted by Crippen LogP contribution is 2.33. The highest BCUT2D eigenvalue weighted by atomic mass is 16.7. The van der Waals surface area contributed by atoms with Crippen LogP contribution in [0, 0.1) is 0 Å². The molecule has 1 saturated heterocycles. The quantitative estimate of drug-likeness (QED) is 0.822. The van der Waals surface area contributed by atoms with E-state index in [2.05, 4.69) is 0 Å². The molecule has 6 nitrogen and oxygen atoms in total. The number of ether oxygens (including phenoxy) is 2. The molecule has 0 aliphatic carbocycles. The minimum absolute atomic E-state index is 0.0484. The van der Waals surface area contributed by atoms with Crippen molar-refractivity contribution in [2.45, 2.75) is 19.3 Å². The van der Waals surface area contributed by atoms with Crippen LogP contribution < -0.4 is 9.47 Å². The number of fused-ring (bicyclic) bond motifs is 1. The topological polar surface area (TPSA) is 59.1 Å². The van der Waals surface area contributed by atoms with E-state index in [0.717, 1.165) is 5.56 Å². The van der Waals surface area contributed by atoms with Gasteiger partial charge in [0, 0.05) is 31.7 Å². The van der Waals surface area contributed by atoms with Gasteiger partial charge < -0.3 is 19.3 Å². The average Bonchev–Trinajstić information content (AvgIpc) is 3.21. The van der Waals surface area contributed by atoms with Gasteiger partial charge in [-0.15, -0.1) is 0 Å². The molecule has 0 atom stereocenters. The molecule has 0 N–H and O–H groups in total. The van der Waals surface area contributed by atoms with Crippen molar-refractivity contribution in [3.63, 3.8) is 0 Å². The van der Waals surface area contributed by atoms with Gasteiger partial charge in [0.15, 0.2) is 11.5 Å². The second-order valence-electron chi connectivity index (χ2n) is 7.64. The summed E-state index contributed by atoms with van der Waals surface area (Å²) in [4.78, 5) is 29.6. The van der Waals surface area contributed by atoms with Gasteiger partial charge >= 0.3 is 0 Å². The molecule has 2 amide bonds. The predicted octanol–water partition coefficient (Wildman–Crippen LogP) is 2.68. The third kappa shape index (κ3) is 3.30. The number of nitrogens with zero attached hydrogens (tertiary/aromatic N) is 2. The van der Waals surface area contributed by atoms with E-state index in [-0.39, 0.29) is 18.6 Å². The SMILES string of the molecule is CC(C)(C(=O)N1CCN(C(=O)c2ccc3c(c2)OCO3)CC1)c1ccccc1. The normalized spacial score (nSPS) is 16.2. The van der Waals surface area contributed by atoms with Crippen molar-refractivity contribution in [3.05, 3.63) is 59.7 Å². The molecule has 2 aliphatic rings. The van der Waals surface area contributed by atoms with Crippen molar-refractivity contribution >= 4 is 11.8 Å². The molecule has 0 spiro atoms. The molecule has 146 valence electrons. The van der Waals surface area contributed by atoms with Crippen molar-refractivity contribution in [3.8, 4) is 11.5 Å². The second-order valence-corrected chi connectivity index (χ2v) is 7.64.